The van der Waals surface area contributed by atoms with Gasteiger partial charge in [0.15, 0.2) is 6.29 Å². The molecular formula is C59H104O9. The molecule has 0 radical (unpaired) electrons. The number of carbonyl (C=O) groups is 1. The zero-order valence-corrected chi connectivity index (χ0v) is 43.6. The fourth-order valence-corrected chi connectivity index (χ4v) is 8.28. The second-order valence-corrected chi connectivity index (χ2v) is 19.0. The van der Waals surface area contributed by atoms with E-state index < -0.39 is 43.4 Å². The van der Waals surface area contributed by atoms with Crippen molar-refractivity contribution in [3.8, 4) is 0 Å². The Labute approximate surface area is 417 Å². The van der Waals surface area contributed by atoms with Crippen LogP contribution in [-0.2, 0) is 23.7 Å². The second kappa shape index (κ2) is 49.6. The van der Waals surface area contributed by atoms with Crippen LogP contribution in [0, 0.1) is 0 Å². The van der Waals surface area contributed by atoms with Crippen LogP contribution in [-0.4, -0.2) is 89.6 Å². The van der Waals surface area contributed by atoms with Crippen molar-refractivity contribution in [2.75, 3.05) is 26.4 Å². The smallest absolute Gasteiger partial charge is 0.306 e. The van der Waals surface area contributed by atoms with E-state index in [-0.39, 0.29) is 19.2 Å². The molecule has 9 heteroatoms. The Balaban J connectivity index is 2.18. The summed E-state index contributed by atoms with van der Waals surface area (Å²) in [7, 11) is 0. The third-order valence-electron chi connectivity index (χ3n) is 12.6. The lowest BCUT2D eigenvalue weighted by atomic mass is 9.99. The maximum absolute atomic E-state index is 12.9. The van der Waals surface area contributed by atoms with E-state index in [9.17, 15) is 25.2 Å². The number of hydrogen-bond donors (Lipinski definition) is 4. The van der Waals surface area contributed by atoms with Crippen LogP contribution in [0.4, 0.5) is 0 Å². The molecule has 0 spiro atoms. The molecule has 6 unspecified atom stereocenters. The molecule has 394 valence electrons. The van der Waals surface area contributed by atoms with E-state index >= 15 is 0 Å². The molecule has 0 aromatic rings. The fourth-order valence-electron chi connectivity index (χ4n) is 8.28. The van der Waals surface area contributed by atoms with E-state index in [0.717, 1.165) is 70.6 Å². The topological polar surface area (TPSA) is 135 Å². The quantitative estimate of drug-likeness (QED) is 0.0267. The zero-order valence-electron chi connectivity index (χ0n) is 43.6. The van der Waals surface area contributed by atoms with Gasteiger partial charge in [0, 0.05) is 13.0 Å². The molecule has 0 bridgehead atoms. The summed E-state index contributed by atoms with van der Waals surface area (Å²) < 4.78 is 23.0. The second-order valence-electron chi connectivity index (χ2n) is 19.0. The first-order valence-corrected chi connectivity index (χ1v) is 28.0. The van der Waals surface area contributed by atoms with Gasteiger partial charge in [0.25, 0.3) is 0 Å². The SMILES string of the molecule is CC/C=C\C/C=C\C/C=C\C/C=C\CCCCCCCCCCCOCC(COC1OC(CO)C(O)C(O)C1O)OC(=O)CCCCCCCCCCCCC/C=C\C/C=C\CCCCCCC. The molecule has 68 heavy (non-hydrogen) atoms. The number of allylic oxidation sites excluding steroid dienone is 12. The Bertz CT molecular complexity index is 1270. The number of esters is 1. The predicted molar refractivity (Wildman–Crippen MR) is 284 cm³/mol. The Kier molecular flexibility index (Phi) is 46.4. The molecule has 1 saturated heterocycles. The molecule has 1 aliphatic rings. The maximum Gasteiger partial charge on any atom is 0.306 e. The first kappa shape index (κ1) is 63.6. The van der Waals surface area contributed by atoms with E-state index in [0.29, 0.717) is 13.0 Å². The molecule has 0 aromatic carbocycles. The van der Waals surface area contributed by atoms with Crippen LogP contribution in [0.2, 0.25) is 0 Å². The Morgan fingerprint density at radius 1 is 0.485 bits per heavy atom. The van der Waals surface area contributed by atoms with Gasteiger partial charge in [-0.15, -0.1) is 0 Å². The summed E-state index contributed by atoms with van der Waals surface area (Å²) in [5.74, 6) is -0.318. The van der Waals surface area contributed by atoms with Crippen LogP contribution >= 0.6 is 0 Å². The highest BCUT2D eigenvalue weighted by Gasteiger charge is 2.44. The molecule has 0 saturated carbocycles. The molecule has 0 amide bonds. The van der Waals surface area contributed by atoms with Crippen molar-refractivity contribution in [3.05, 3.63) is 72.9 Å². The van der Waals surface area contributed by atoms with Gasteiger partial charge in [-0.25, -0.2) is 0 Å². The summed E-state index contributed by atoms with van der Waals surface area (Å²) in [5, 5.41) is 40.3. The van der Waals surface area contributed by atoms with Crippen LogP contribution in [0.25, 0.3) is 0 Å². The Morgan fingerprint density at radius 2 is 0.897 bits per heavy atom. The molecule has 1 rings (SSSR count). The molecule has 9 nitrogen and oxygen atoms in total. The molecule has 0 aliphatic carbocycles. The van der Waals surface area contributed by atoms with Crippen LogP contribution in [0.3, 0.4) is 0 Å². The summed E-state index contributed by atoms with van der Waals surface area (Å²) in [5.41, 5.74) is 0. The van der Waals surface area contributed by atoms with Crippen molar-refractivity contribution < 1.29 is 44.2 Å². The minimum absolute atomic E-state index is 0.119. The molecule has 1 heterocycles. The van der Waals surface area contributed by atoms with Gasteiger partial charge in [-0.3, -0.25) is 4.79 Å². The van der Waals surface area contributed by atoms with Gasteiger partial charge >= 0.3 is 5.97 Å². The third-order valence-corrected chi connectivity index (χ3v) is 12.6. The minimum atomic E-state index is -1.54. The molecule has 0 aromatic heterocycles. The van der Waals surface area contributed by atoms with Crippen molar-refractivity contribution in [3.63, 3.8) is 0 Å². The van der Waals surface area contributed by atoms with Gasteiger partial charge < -0.3 is 39.4 Å². The minimum Gasteiger partial charge on any atom is -0.457 e. The van der Waals surface area contributed by atoms with Gasteiger partial charge in [-0.1, -0.05) is 215 Å². The largest absolute Gasteiger partial charge is 0.457 e. The summed E-state index contributed by atoms with van der Waals surface area (Å²) in [4.78, 5) is 12.9. The van der Waals surface area contributed by atoms with Crippen molar-refractivity contribution in [1.29, 1.82) is 0 Å². The lowest BCUT2D eigenvalue weighted by Crippen LogP contribution is -2.59. The first-order chi connectivity index (χ1) is 33.4. The van der Waals surface area contributed by atoms with Gasteiger partial charge in [0.05, 0.1) is 19.8 Å². The van der Waals surface area contributed by atoms with Gasteiger partial charge in [-0.2, -0.15) is 0 Å². The monoisotopic (exact) mass is 957 g/mol. The average Bonchev–Trinajstić information content (AvgIpc) is 3.34. The van der Waals surface area contributed by atoms with E-state index in [1.54, 1.807) is 0 Å². The van der Waals surface area contributed by atoms with Gasteiger partial charge in [0.1, 0.15) is 30.5 Å². The molecule has 6 atom stereocenters. The van der Waals surface area contributed by atoms with Crippen LogP contribution in [0.15, 0.2) is 72.9 Å². The Hall–Kier alpha value is -2.37. The number of unbranched alkanes of at least 4 members (excludes halogenated alkanes) is 25. The number of hydrogen-bond acceptors (Lipinski definition) is 9. The highest BCUT2D eigenvalue weighted by atomic mass is 16.7. The van der Waals surface area contributed by atoms with E-state index in [4.69, 9.17) is 18.9 Å². The number of aliphatic hydroxyl groups excluding tert-OH is 4. The normalized spacial score (nSPS) is 19.6. The first-order valence-electron chi connectivity index (χ1n) is 28.0. The number of rotatable bonds is 48. The summed E-state index contributed by atoms with van der Waals surface area (Å²) in [6.45, 7) is 4.44. The number of carbonyl (C=O) groups excluding carboxylic acids is 1. The fraction of sp³-hybridized carbons (Fsp3) is 0.780. The average molecular weight is 957 g/mol. The third kappa shape index (κ3) is 39.4. The highest BCUT2D eigenvalue weighted by molar-refractivity contribution is 5.69. The van der Waals surface area contributed by atoms with Crippen molar-refractivity contribution in [2.24, 2.45) is 0 Å². The van der Waals surface area contributed by atoms with E-state index in [2.05, 4.69) is 86.8 Å². The Morgan fingerprint density at radius 3 is 1.35 bits per heavy atom. The van der Waals surface area contributed by atoms with Crippen molar-refractivity contribution in [1.82, 2.24) is 0 Å². The predicted octanol–water partition coefficient (Wildman–Crippen LogP) is 14.4. The van der Waals surface area contributed by atoms with Gasteiger partial charge in [0.2, 0.25) is 0 Å². The lowest BCUT2D eigenvalue weighted by Gasteiger charge is -2.39. The number of ether oxygens (including phenoxy) is 4. The summed E-state index contributed by atoms with van der Waals surface area (Å²) in [6.07, 6.45) is 59.4. The van der Waals surface area contributed by atoms with E-state index in [1.807, 2.05) is 0 Å². The lowest BCUT2D eigenvalue weighted by molar-refractivity contribution is -0.305. The summed E-state index contributed by atoms with van der Waals surface area (Å²) >= 11 is 0. The van der Waals surface area contributed by atoms with Crippen molar-refractivity contribution in [2.45, 2.75) is 269 Å². The number of aliphatic hydroxyl groups is 4. The van der Waals surface area contributed by atoms with Crippen molar-refractivity contribution >= 4 is 5.97 Å². The maximum atomic E-state index is 12.9. The molecular weight excluding hydrogens is 853 g/mol. The molecule has 1 aliphatic heterocycles. The molecule has 1 fully saturated rings. The molecule has 4 N–H and O–H groups in total. The van der Waals surface area contributed by atoms with Crippen LogP contribution in [0.1, 0.15) is 232 Å². The highest BCUT2D eigenvalue weighted by Crippen LogP contribution is 2.23. The summed E-state index contributed by atoms with van der Waals surface area (Å²) in [6, 6.07) is 0. The standard InChI is InChI=1S/C59H104O9/c1-3-5-7-9-11-13-15-17-19-21-23-25-27-28-30-32-34-36-38-40-42-44-46-48-55(61)67-53(52-66-59-58(64)57(63)56(62)54(50-60)68-59)51-65-49-47-45-43-41-39-37-35-33-31-29-26-24-22-20-18-16-14-12-10-8-6-4-2/h6,8,12,14-15,17-18,20-21,23-24,26,53-54,56-60,62-64H,3-5,7,9-11,13,16,19,22,25,27-52H2,1-2H3/b8-6-,14-12-,17-15-,20-18-,23-21-,26-24-. The van der Waals surface area contributed by atoms with Crippen LogP contribution < -0.4 is 0 Å². The van der Waals surface area contributed by atoms with E-state index in [1.165, 1.54) is 141 Å². The van der Waals surface area contributed by atoms with Gasteiger partial charge in [-0.05, 0) is 83.5 Å². The van der Waals surface area contributed by atoms with Crippen LogP contribution in [0.5, 0.6) is 0 Å². The zero-order chi connectivity index (χ0) is 49.2.